The minimum Gasteiger partial charge on any atom is -0.461 e. The van der Waals surface area contributed by atoms with Crippen LogP contribution in [0.5, 0.6) is 0 Å². The standard InChI is InChI=1S/C15H13N3O2S/c1-3-20-15(19)13-9(2)21-14(18-13)10-4-5-11-12(8-10)17-7-6-16-11/h4-8H,3H2,1-2H3. The Morgan fingerprint density at radius 3 is 2.76 bits per heavy atom. The highest BCUT2D eigenvalue weighted by molar-refractivity contribution is 7.15. The molecule has 0 N–H and O–H groups in total. The van der Waals surface area contributed by atoms with Gasteiger partial charge in [-0.25, -0.2) is 9.78 Å². The van der Waals surface area contributed by atoms with Crippen LogP contribution in [0.3, 0.4) is 0 Å². The van der Waals surface area contributed by atoms with E-state index in [2.05, 4.69) is 15.0 Å². The van der Waals surface area contributed by atoms with Gasteiger partial charge in [-0.1, -0.05) is 0 Å². The smallest absolute Gasteiger partial charge is 0.358 e. The lowest BCUT2D eigenvalue weighted by Gasteiger charge is -1.99. The molecule has 0 spiro atoms. The van der Waals surface area contributed by atoms with E-state index in [1.807, 2.05) is 25.1 Å². The fraction of sp³-hybridized carbons (Fsp3) is 0.200. The highest BCUT2D eigenvalue weighted by Gasteiger charge is 2.17. The third-order valence-corrected chi connectivity index (χ3v) is 4.00. The number of benzene rings is 1. The van der Waals surface area contributed by atoms with Gasteiger partial charge in [0.25, 0.3) is 0 Å². The summed E-state index contributed by atoms with van der Waals surface area (Å²) >= 11 is 1.47. The first-order valence-corrected chi connectivity index (χ1v) is 7.36. The zero-order valence-electron chi connectivity index (χ0n) is 11.7. The van der Waals surface area contributed by atoms with Crippen LogP contribution in [0.4, 0.5) is 0 Å². The molecule has 2 aromatic heterocycles. The maximum absolute atomic E-state index is 11.8. The minimum absolute atomic E-state index is 0.344. The highest BCUT2D eigenvalue weighted by atomic mass is 32.1. The van der Waals surface area contributed by atoms with Gasteiger partial charge in [-0.05, 0) is 32.0 Å². The average Bonchev–Trinajstić information content (AvgIpc) is 2.89. The quantitative estimate of drug-likeness (QED) is 0.695. The van der Waals surface area contributed by atoms with Crippen molar-refractivity contribution in [2.45, 2.75) is 13.8 Å². The Kier molecular flexibility index (Phi) is 3.62. The molecule has 0 aliphatic heterocycles. The normalized spacial score (nSPS) is 10.8. The van der Waals surface area contributed by atoms with Gasteiger partial charge in [-0.3, -0.25) is 9.97 Å². The van der Waals surface area contributed by atoms with E-state index in [4.69, 9.17) is 4.74 Å². The molecular weight excluding hydrogens is 286 g/mol. The fourth-order valence-corrected chi connectivity index (χ4v) is 2.90. The Morgan fingerprint density at radius 2 is 2.00 bits per heavy atom. The van der Waals surface area contributed by atoms with E-state index < -0.39 is 0 Å². The van der Waals surface area contributed by atoms with Crippen molar-refractivity contribution < 1.29 is 9.53 Å². The average molecular weight is 299 g/mol. The molecule has 1 aromatic carbocycles. The molecule has 2 heterocycles. The Morgan fingerprint density at radius 1 is 1.24 bits per heavy atom. The first-order valence-electron chi connectivity index (χ1n) is 6.54. The van der Waals surface area contributed by atoms with E-state index in [0.29, 0.717) is 12.3 Å². The molecule has 0 aliphatic rings. The second kappa shape index (κ2) is 5.57. The van der Waals surface area contributed by atoms with Gasteiger partial charge in [0.05, 0.1) is 17.6 Å². The maximum Gasteiger partial charge on any atom is 0.358 e. The fourth-order valence-electron chi connectivity index (χ4n) is 2.01. The van der Waals surface area contributed by atoms with Crippen LogP contribution in [-0.4, -0.2) is 27.5 Å². The molecule has 0 amide bonds. The Balaban J connectivity index is 2.02. The van der Waals surface area contributed by atoms with Crippen molar-refractivity contribution in [3.05, 3.63) is 41.2 Å². The summed E-state index contributed by atoms with van der Waals surface area (Å²) in [4.78, 5) is 25.6. The molecule has 5 nitrogen and oxygen atoms in total. The predicted octanol–water partition coefficient (Wildman–Crippen LogP) is 3.24. The van der Waals surface area contributed by atoms with E-state index in [0.717, 1.165) is 26.5 Å². The number of hydrogen-bond acceptors (Lipinski definition) is 6. The summed E-state index contributed by atoms with van der Waals surface area (Å²) in [6, 6.07) is 5.76. The second-order valence-electron chi connectivity index (χ2n) is 4.40. The number of fused-ring (bicyclic) bond motifs is 1. The van der Waals surface area contributed by atoms with Gasteiger partial charge >= 0.3 is 5.97 Å². The van der Waals surface area contributed by atoms with Gasteiger partial charge in [0.15, 0.2) is 5.69 Å². The van der Waals surface area contributed by atoms with Crippen molar-refractivity contribution in [3.63, 3.8) is 0 Å². The number of thiazole rings is 1. The Hall–Kier alpha value is -2.34. The topological polar surface area (TPSA) is 65.0 Å². The molecule has 0 unspecified atom stereocenters. The first kappa shape index (κ1) is 13.6. The molecule has 21 heavy (non-hydrogen) atoms. The number of nitrogens with zero attached hydrogens (tertiary/aromatic N) is 3. The van der Waals surface area contributed by atoms with Crippen LogP contribution in [0, 0.1) is 6.92 Å². The molecule has 6 heteroatoms. The Bertz CT molecular complexity index is 814. The van der Waals surface area contributed by atoms with Crippen LogP contribution < -0.4 is 0 Å². The SMILES string of the molecule is CCOC(=O)c1nc(-c2ccc3nccnc3c2)sc1C. The number of carbonyl (C=O) groups is 1. The predicted molar refractivity (Wildman–Crippen MR) is 81.3 cm³/mol. The van der Waals surface area contributed by atoms with Gasteiger partial charge in [0, 0.05) is 22.8 Å². The monoisotopic (exact) mass is 299 g/mol. The largest absolute Gasteiger partial charge is 0.461 e. The molecule has 3 aromatic rings. The van der Waals surface area contributed by atoms with E-state index in [1.165, 1.54) is 11.3 Å². The summed E-state index contributed by atoms with van der Waals surface area (Å²) in [7, 11) is 0. The minimum atomic E-state index is -0.377. The number of rotatable bonds is 3. The molecule has 0 saturated carbocycles. The summed E-state index contributed by atoms with van der Waals surface area (Å²) in [5.41, 5.74) is 2.95. The van der Waals surface area contributed by atoms with Gasteiger partial charge in [-0.2, -0.15) is 0 Å². The number of ether oxygens (including phenoxy) is 1. The number of carbonyl (C=O) groups excluding carboxylic acids is 1. The van der Waals surface area contributed by atoms with Crippen LogP contribution in [0.1, 0.15) is 22.3 Å². The molecular formula is C15H13N3O2S. The summed E-state index contributed by atoms with van der Waals surface area (Å²) in [5, 5.41) is 0.781. The first-order chi connectivity index (χ1) is 10.2. The van der Waals surface area contributed by atoms with E-state index in [9.17, 15) is 4.79 Å². The number of hydrogen-bond donors (Lipinski definition) is 0. The second-order valence-corrected chi connectivity index (χ2v) is 5.61. The van der Waals surface area contributed by atoms with Crippen LogP contribution in [-0.2, 0) is 4.74 Å². The zero-order valence-corrected chi connectivity index (χ0v) is 12.5. The van der Waals surface area contributed by atoms with Crippen LogP contribution in [0.15, 0.2) is 30.6 Å². The third-order valence-electron chi connectivity index (χ3n) is 2.98. The van der Waals surface area contributed by atoms with Crippen molar-refractivity contribution in [2.75, 3.05) is 6.61 Å². The lowest BCUT2D eigenvalue weighted by atomic mass is 10.2. The van der Waals surface area contributed by atoms with Crippen LogP contribution in [0.2, 0.25) is 0 Å². The highest BCUT2D eigenvalue weighted by Crippen LogP contribution is 2.29. The molecule has 0 bridgehead atoms. The molecule has 106 valence electrons. The molecule has 0 fully saturated rings. The van der Waals surface area contributed by atoms with Gasteiger partial charge in [0.1, 0.15) is 5.01 Å². The van der Waals surface area contributed by atoms with Crippen molar-refractivity contribution in [2.24, 2.45) is 0 Å². The number of aryl methyl sites for hydroxylation is 1. The van der Waals surface area contributed by atoms with Crippen molar-refractivity contribution in [1.82, 2.24) is 15.0 Å². The van der Waals surface area contributed by atoms with E-state index >= 15 is 0 Å². The zero-order chi connectivity index (χ0) is 14.8. The van der Waals surface area contributed by atoms with Crippen LogP contribution in [0.25, 0.3) is 21.6 Å². The van der Waals surface area contributed by atoms with Crippen LogP contribution >= 0.6 is 11.3 Å². The third kappa shape index (κ3) is 2.62. The lowest BCUT2D eigenvalue weighted by Crippen LogP contribution is -2.06. The molecule has 0 saturated heterocycles. The van der Waals surface area contributed by atoms with Crippen molar-refractivity contribution in [1.29, 1.82) is 0 Å². The number of aromatic nitrogens is 3. The summed E-state index contributed by atoms with van der Waals surface area (Å²) < 4.78 is 5.01. The maximum atomic E-state index is 11.8. The molecule has 0 aliphatic carbocycles. The molecule has 0 radical (unpaired) electrons. The summed E-state index contributed by atoms with van der Waals surface area (Å²) in [5.74, 6) is -0.377. The Labute approximate surface area is 125 Å². The van der Waals surface area contributed by atoms with Crippen molar-refractivity contribution >= 4 is 28.3 Å². The van der Waals surface area contributed by atoms with E-state index in [-0.39, 0.29) is 5.97 Å². The summed E-state index contributed by atoms with van der Waals surface area (Å²) in [6.45, 7) is 3.99. The van der Waals surface area contributed by atoms with Gasteiger partial charge in [-0.15, -0.1) is 11.3 Å². The lowest BCUT2D eigenvalue weighted by molar-refractivity contribution is 0.0519. The number of esters is 1. The molecule has 0 atom stereocenters. The van der Waals surface area contributed by atoms with Gasteiger partial charge in [0.2, 0.25) is 0 Å². The van der Waals surface area contributed by atoms with E-state index in [1.54, 1.807) is 19.3 Å². The van der Waals surface area contributed by atoms with Gasteiger partial charge < -0.3 is 4.74 Å². The molecule has 3 rings (SSSR count). The summed E-state index contributed by atoms with van der Waals surface area (Å²) in [6.07, 6.45) is 3.32. The van der Waals surface area contributed by atoms with Crippen molar-refractivity contribution in [3.8, 4) is 10.6 Å².